The van der Waals surface area contributed by atoms with Crippen molar-refractivity contribution in [3.63, 3.8) is 0 Å². The summed E-state index contributed by atoms with van der Waals surface area (Å²) in [5.41, 5.74) is 11.5. The number of aryl methyl sites for hydroxylation is 1. The number of nitrogens with zero attached hydrogens (tertiary/aromatic N) is 4. The van der Waals surface area contributed by atoms with Crippen LogP contribution in [-0.2, 0) is 7.05 Å². The summed E-state index contributed by atoms with van der Waals surface area (Å²) in [5, 5.41) is 11.0. The van der Waals surface area contributed by atoms with Crippen LogP contribution in [0.1, 0.15) is 0 Å². The molecule has 0 saturated heterocycles. The Morgan fingerprint density at radius 1 is 1.41 bits per heavy atom. The molecule has 90 valence electrons. The van der Waals surface area contributed by atoms with Crippen molar-refractivity contribution in [2.45, 2.75) is 10.1 Å². The van der Waals surface area contributed by atoms with E-state index in [9.17, 15) is 4.39 Å². The Morgan fingerprint density at radius 2 is 2.12 bits per heavy atom. The van der Waals surface area contributed by atoms with Gasteiger partial charge in [0.1, 0.15) is 5.02 Å². The van der Waals surface area contributed by atoms with E-state index >= 15 is 0 Å². The summed E-state index contributed by atoms with van der Waals surface area (Å²) in [6.45, 7) is 0. The summed E-state index contributed by atoms with van der Waals surface area (Å²) in [4.78, 5) is 0.155. The van der Waals surface area contributed by atoms with Gasteiger partial charge in [-0.05, 0) is 28.3 Å². The number of rotatable bonds is 2. The van der Waals surface area contributed by atoms with Gasteiger partial charge < -0.3 is 11.5 Å². The van der Waals surface area contributed by atoms with E-state index in [4.69, 9.17) is 23.1 Å². The zero-order valence-electron chi connectivity index (χ0n) is 8.69. The highest BCUT2D eigenvalue weighted by molar-refractivity contribution is 7.99. The minimum Gasteiger partial charge on any atom is -0.398 e. The van der Waals surface area contributed by atoms with E-state index in [1.54, 1.807) is 7.05 Å². The first kappa shape index (κ1) is 11.9. The molecule has 0 amide bonds. The number of tetrazole rings is 1. The molecule has 2 aromatic rings. The molecule has 1 aromatic heterocycles. The molecule has 0 unspecified atom stereocenters. The smallest absolute Gasteiger partial charge is 0.214 e. The highest BCUT2D eigenvalue weighted by atomic mass is 35.5. The van der Waals surface area contributed by atoms with E-state index in [2.05, 4.69) is 15.5 Å². The number of aromatic nitrogens is 4. The summed E-state index contributed by atoms with van der Waals surface area (Å²) in [7, 11) is 1.63. The first-order chi connectivity index (χ1) is 8.00. The first-order valence-corrected chi connectivity index (χ1v) is 5.63. The summed E-state index contributed by atoms with van der Waals surface area (Å²) in [6, 6.07) is 1.40. The molecule has 17 heavy (non-hydrogen) atoms. The Labute approximate surface area is 105 Å². The van der Waals surface area contributed by atoms with Crippen molar-refractivity contribution >= 4 is 34.7 Å². The molecule has 0 aliphatic heterocycles. The van der Waals surface area contributed by atoms with Crippen molar-refractivity contribution in [2.75, 3.05) is 11.5 Å². The van der Waals surface area contributed by atoms with E-state index in [1.807, 2.05) is 0 Å². The third kappa shape index (κ3) is 2.13. The lowest BCUT2D eigenvalue weighted by Crippen LogP contribution is -1.99. The fourth-order valence-corrected chi connectivity index (χ4v) is 2.15. The highest BCUT2D eigenvalue weighted by Gasteiger charge is 2.17. The Morgan fingerprint density at radius 3 is 2.71 bits per heavy atom. The molecule has 0 spiro atoms. The molecule has 1 aromatic carbocycles. The van der Waals surface area contributed by atoms with Gasteiger partial charge >= 0.3 is 0 Å². The van der Waals surface area contributed by atoms with Crippen LogP contribution in [0.4, 0.5) is 15.8 Å². The van der Waals surface area contributed by atoms with Gasteiger partial charge in [0.25, 0.3) is 0 Å². The monoisotopic (exact) mass is 274 g/mol. The van der Waals surface area contributed by atoms with Crippen molar-refractivity contribution in [1.29, 1.82) is 0 Å². The lowest BCUT2D eigenvalue weighted by molar-refractivity contribution is 0.603. The zero-order valence-corrected chi connectivity index (χ0v) is 10.3. The maximum Gasteiger partial charge on any atom is 0.214 e. The van der Waals surface area contributed by atoms with Gasteiger partial charge in [0.2, 0.25) is 5.16 Å². The lowest BCUT2D eigenvalue weighted by atomic mass is 10.3. The van der Waals surface area contributed by atoms with Gasteiger partial charge in [-0.1, -0.05) is 11.6 Å². The number of benzene rings is 1. The Hall–Kier alpha value is -1.54. The second-order valence-electron chi connectivity index (χ2n) is 3.20. The summed E-state index contributed by atoms with van der Waals surface area (Å²) >= 11 is 6.69. The third-order valence-corrected chi connectivity index (χ3v) is 3.52. The molecule has 0 bridgehead atoms. The molecule has 0 fully saturated rings. The summed E-state index contributed by atoms with van der Waals surface area (Å²) in [6.07, 6.45) is 0. The van der Waals surface area contributed by atoms with Crippen LogP contribution in [-0.4, -0.2) is 20.2 Å². The van der Waals surface area contributed by atoms with E-state index < -0.39 is 5.82 Å². The normalized spacial score (nSPS) is 10.8. The first-order valence-electron chi connectivity index (χ1n) is 4.44. The number of anilines is 2. The maximum atomic E-state index is 13.9. The standard InChI is InChI=1S/C8H8ClFN6S/c1-16-8(13-14-15-16)17-7-4(12)2-3(11)5(9)6(7)10/h2H,11-12H2,1H3. The number of hydrogen-bond acceptors (Lipinski definition) is 6. The van der Waals surface area contributed by atoms with Gasteiger partial charge in [-0.15, -0.1) is 5.10 Å². The summed E-state index contributed by atoms with van der Waals surface area (Å²) < 4.78 is 15.3. The van der Waals surface area contributed by atoms with E-state index in [1.165, 1.54) is 10.7 Å². The van der Waals surface area contributed by atoms with Crippen molar-refractivity contribution in [1.82, 2.24) is 20.2 Å². The third-order valence-electron chi connectivity index (χ3n) is 1.99. The van der Waals surface area contributed by atoms with Gasteiger partial charge in [-0.3, -0.25) is 0 Å². The van der Waals surface area contributed by atoms with Gasteiger partial charge in [0, 0.05) is 7.05 Å². The second kappa shape index (κ2) is 4.38. The molecule has 0 radical (unpaired) electrons. The minimum atomic E-state index is -0.669. The molecule has 9 heteroatoms. The highest BCUT2D eigenvalue weighted by Crippen LogP contribution is 2.38. The van der Waals surface area contributed by atoms with Crippen LogP contribution in [0.5, 0.6) is 0 Å². The number of hydrogen-bond donors (Lipinski definition) is 2. The van der Waals surface area contributed by atoms with Gasteiger partial charge in [0.05, 0.1) is 16.3 Å². The molecule has 0 atom stereocenters. The quantitative estimate of drug-likeness (QED) is 0.802. The number of halogens is 2. The largest absolute Gasteiger partial charge is 0.398 e. The van der Waals surface area contributed by atoms with Crippen LogP contribution in [0.2, 0.25) is 5.02 Å². The van der Waals surface area contributed by atoms with Crippen LogP contribution in [0.3, 0.4) is 0 Å². The van der Waals surface area contributed by atoms with Crippen molar-refractivity contribution in [2.24, 2.45) is 7.05 Å². The molecule has 4 N–H and O–H groups in total. The Balaban J connectivity index is 2.47. The van der Waals surface area contributed by atoms with Crippen LogP contribution in [0.25, 0.3) is 0 Å². The summed E-state index contributed by atoms with van der Waals surface area (Å²) in [5.74, 6) is -0.669. The molecular weight excluding hydrogens is 267 g/mol. The van der Waals surface area contributed by atoms with Gasteiger partial charge in [0.15, 0.2) is 5.82 Å². The van der Waals surface area contributed by atoms with Crippen LogP contribution in [0, 0.1) is 5.82 Å². The van der Waals surface area contributed by atoms with Crippen LogP contribution < -0.4 is 11.5 Å². The number of nitrogen functional groups attached to an aromatic ring is 2. The topological polar surface area (TPSA) is 95.6 Å². The van der Waals surface area contributed by atoms with Crippen molar-refractivity contribution in [3.8, 4) is 0 Å². The Kier molecular flexibility index (Phi) is 3.07. The Bertz CT molecular complexity index is 571. The zero-order chi connectivity index (χ0) is 12.6. The van der Waals surface area contributed by atoms with Gasteiger partial charge in [-0.2, -0.15) is 0 Å². The molecule has 0 aliphatic carbocycles. The SMILES string of the molecule is Cn1nnnc1Sc1c(N)cc(N)c(Cl)c1F. The molecule has 1 heterocycles. The second-order valence-corrected chi connectivity index (χ2v) is 4.55. The fraction of sp³-hybridized carbons (Fsp3) is 0.125. The van der Waals surface area contributed by atoms with E-state index in [0.717, 1.165) is 11.8 Å². The molecule has 6 nitrogen and oxygen atoms in total. The number of nitrogens with two attached hydrogens (primary N) is 2. The van der Waals surface area contributed by atoms with Crippen LogP contribution in [0.15, 0.2) is 16.1 Å². The molecule has 2 rings (SSSR count). The average molecular weight is 275 g/mol. The van der Waals surface area contributed by atoms with Crippen LogP contribution >= 0.6 is 23.4 Å². The maximum absolute atomic E-state index is 13.9. The average Bonchev–Trinajstić information content (AvgIpc) is 2.67. The predicted octanol–water partition coefficient (Wildman–Crippen LogP) is 1.32. The molecule has 0 aliphatic rings. The predicted molar refractivity (Wildman–Crippen MR) is 63.2 cm³/mol. The minimum absolute atomic E-state index is 0.0992. The lowest BCUT2D eigenvalue weighted by Gasteiger charge is -2.08. The molecular formula is C8H8ClFN6S. The van der Waals surface area contributed by atoms with Crippen molar-refractivity contribution in [3.05, 3.63) is 16.9 Å². The molecule has 0 saturated carbocycles. The van der Waals surface area contributed by atoms with E-state index in [-0.39, 0.29) is 21.3 Å². The van der Waals surface area contributed by atoms with Gasteiger partial charge in [-0.25, -0.2) is 9.07 Å². The van der Waals surface area contributed by atoms with E-state index in [0.29, 0.717) is 5.16 Å². The van der Waals surface area contributed by atoms with Crippen molar-refractivity contribution < 1.29 is 4.39 Å². The fourth-order valence-electron chi connectivity index (χ4n) is 1.15.